The zero-order chi connectivity index (χ0) is 10.7. The van der Waals surface area contributed by atoms with Gasteiger partial charge in [0, 0.05) is 6.20 Å². The smallest absolute Gasteiger partial charge is 0.0618 e. The van der Waals surface area contributed by atoms with Crippen LogP contribution in [-0.4, -0.2) is 4.98 Å². The molecule has 76 valence electrons. The fraction of sp³-hybridized carbons (Fsp3) is 0.0833. The number of nitrogens with zero attached hydrogens (tertiary/aromatic N) is 1. The van der Waals surface area contributed by atoms with E-state index in [2.05, 4.69) is 10.3 Å². The van der Waals surface area contributed by atoms with E-state index in [4.69, 9.17) is 5.73 Å². The first-order chi connectivity index (χ1) is 7.27. The van der Waals surface area contributed by atoms with Gasteiger partial charge in [-0.3, -0.25) is 4.98 Å². The minimum atomic E-state index is 0.737. The van der Waals surface area contributed by atoms with E-state index in [-0.39, 0.29) is 0 Å². The summed E-state index contributed by atoms with van der Waals surface area (Å²) in [5, 5.41) is 3.25. The lowest BCUT2D eigenvalue weighted by Gasteiger charge is -2.10. The maximum absolute atomic E-state index is 5.84. The van der Waals surface area contributed by atoms with E-state index in [0.717, 1.165) is 22.6 Å². The molecular formula is C12H13N3. The van der Waals surface area contributed by atoms with Crippen molar-refractivity contribution < 1.29 is 0 Å². The first-order valence-corrected chi connectivity index (χ1v) is 4.79. The Kier molecular flexibility index (Phi) is 2.54. The van der Waals surface area contributed by atoms with Crippen LogP contribution >= 0.6 is 0 Å². The summed E-state index contributed by atoms with van der Waals surface area (Å²) >= 11 is 0. The largest absolute Gasteiger partial charge is 0.397 e. The summed E-state index contributed by atoms with van der Waals surface area (Å²) in [7, 11) is 0. The van der Waals surface area contributed by atoms with Crippen molar-refractivity contribution in [2.45, 2.75) is 6.92 Å². The maximum atomic E-state index is 5.84. The van der Waals surface area contributed by atoms with Crippen LogP contribution < -0.4 is 11.1 Å². The highest BCUT2D eigenvalue weighted by Gasteiger charge is 2.00. The van der Waals surface area contributed by atoms with Gasteiger partial charge < -0.3 is 11.1 Å². The van der Waals surface area contributed by atoms with Gasteiger partial charge in [0.25, 0.3) is 0 Å². The van der Waals surface area contributed by atoms with Crippen molar-refractivity contribution in [3.8, 4) is 0 Å². The normalized spacial score (nSPS) is 9.93. The maximum Gasteiger partial charge on any atom is 0.0618 e. The monoisotopic (exact) mass is 199 g/mol. The van der Waals surface area contributed by atoms with Crippen LogP contribution in [0.25, 0.3) is 0 Å². The summed E-state index contributed by atoms with van der Waals surface area (Å²) < 4.78 is 0. The Hall–Kier alpha value is -2.03. The summed E-state index contributed by atoms with van der Waals surface area (Å²) in [6, 6.07) is 9.64. The number of pyridine rings is 1. The minimum Gasteiger partial charge on any atom is -0.397 e. The average molecular weight is 199 g/mol. The first kappa shape index (κ1) is 9.52. The number of anilines is 3. The molecule has 3 N–H and O–H groups in total. The molecule has 0 atom stereocenters. The number of nitrogens with one attached hydrogen (secondary N) is 1. The van der Waals surface area contributed by atoms with Crippen molar-refractivity contribution >= 4 is 17.1 Å². The van der Waals surface area contributed by atoms with E-state index in [9.17, 15) is 0 Å². The van der Waals surface area contributed by atoms with Gasteiger partial charge in [0.2, 0.25) is 0 Å². The Balaban J connectivity index is 2.30. The van der Waals surface area contributed by atoms with E-state index in [1.165, 1.54) is 0 Å². The molecule has 0 bridgehead atoms. The predicted octanol–water partition coefficient (Wildman–Crippen LogP) is 2.72. The number of benzene rings is 1. The summed E-state index contributed by atoms with van der Waals surface area (Å²) in [5.41, 5.74) is 9.61. The molecule has 3 heteroatoms. The highest BCUT2D eigenvalue weighted by Crippen LogP contribution is 2.23. The molecule has 0 aliphatic carbocycles. The molecule has 0 aliphatic rings. The Morgan fingerprint density at radius 1 is 1.13 bits per heavy atom. The minimum absolute atomic E-state index is 0.737. The Morgan fingerprint density at radius 3 is 2.67 bits per heavy atom. The second-order valence-electron chi connectivity index (χ2n) is 3.40. The lowest BCUT2D eigenvalue weighted by atomic mass is 10.2. The number of hydrogen-bond acceptors (Lipinski definition) is 3. The van der Waals surface area contributed by atoms with Gasteiger partial charge in [-0.25, -0.2) is 0 Å². The highest BCUT2D eigenvalue weighted by molar-refractivity contribution is 5.73. The molecule has 0 saturated heterocycles. The van der Waals surface area contributed by atoms with E-state index in [0.29, 0.717) is 0 Å². The summed E-state index contributed by atoms with van der Waals surface area (Å²) in [6.45, 7) is 2.03. The standard InChI is InChI=1S/C12H13N3/c1-9-6-7-14-8-12(9)15-11-5-3-2-4-10(11)13/h2-8,15H,13H2,1H3. The summed E-state index contributed by atoms with van der Waals surface area (Å²) in [5.74, 6) is 0. The molecule has 0 spiro atoms. The van der Waals surface area contributed by atoms with Crippen molar-refractivity contribution in [2.24, 2.45) is 0 Å². The second-order valence-corrected chi connectivity index (χ2v) is 3.40. The van der Waals surface area contributed by atoms with Gasteiger partial charge in [0.05, 0.1) is 23.3 Å². The number of para-hydroxylation sites is 2. The molecule has 1 aromatic heterocycles. The van der Waals surface area contributed by atoms with Crippen LogP contribution in [0, 0.1) is 6.92 Å². The van der Waals surface area contributed by atoms with Gasteiger partial charge in [0.1, 0.15) is 0 Å². The topological polar surface area (TPSA) is 50.9 Å². The number of nitrogens with two attached hydrogens (primary N) is 1. The fourth-order valence-corrected chi connectivity index (χ4v) is 1.35. The number of hydrogen-bond donors (Lipinski definition) is 2. The third-order valence-corrected chi connectivity index (χ3v) is 2.27. The van der Waals surface area contributed by atoms with Gasteiger partial charge >= 0.3 is 0 Å². The van der Waals surface area contributed by atoms with Crippen LogP contribution in [0.5, 0.6) is 0 Å². The van der Waals surface area contributed by atoms with Crippen LogP contribution in [0.15, 0.2) is 42.7 Å². The molecular weight excluding hydrogens is 186 g/mol. The number of rotatable bonds is 2. The lowest BCUT2D eigenvalue weighted by Crippen LogP contribution is -1.97. The van der Waals surface area contributed by atoms with Crippen molar-refractivity contribution in [3.05, 3.63) is 48.3 Å². The van der Waals surface area contributed by atoms with E-state index in [1.54, 1.807) is 12.4 Å². The second kappa shape index (κ2) is 4.00. The van der Waals surface area contributed by atoms with Crippen LogP contribution in [0.2, 0.25) is 0 Å². The Labute approximate surface area is 89.0 Å². The van der Waals surface area contributed by atoms with E-state index in [1.807, 2.05) is 37.3 Å². The number of aryl methyl sites for hydroxylation is 1. The molecule has 1 heterocycles. The van der Waals surface area contributed by atoms with Gasteiger partial charge in [-0.1, -0.05) is 12.1 Å². The molecule has 0 unspecified atom stereocenters. The molecule has 0 aliphatic heterocycles. The molecule has 0 radical (unpaired) electrons. The van der Waals surface area contributed by atoms with Crippen LogP contribution in [0.1, 0.15) is 5.56 Å². The fourth-order valence-electron chi connectivity index (χ4n) is 1.35. The molecule has 0 saturated carbocycles. The molecule has 3 nitrogen and oxygen atoms in total. The van der Waals surface area contributed by atoms with Crippen molar-refractivity contribution in [1.29, 1.82) is 0 Å². The lowest BCUT2D eigenvalue weighted by molar-refractivity contribution is 1.28. The zero-order valence-corrected chi connectivity index (χ0v) is 8.57. The zero-order valence-electron chi connectivity index (χ0n) is 8.57. The Bertz CT molecular complexity index is 422. The van der Waals surface area contributed by atoms with Gasteiger partial charge in [-0.15, -0.1) is 0 Å². The van der Waals surface area contributed by atoms with E-state index < -0.39 is 0 Å². The van der Waals surface area contributed by atoms with Crippen LogP contribution in [-0.2, 0) is 0 Å². The first-order valence-electron chi connectivity index (χ1n) is 4.79. The molecule has 0 amide bonds. The third-order valence-electron chi connectivity index (χ3n) is 2.27. The predicted molar refractivity (Wildman–Crippen MR) is 63.1 cm³/mol. The molecule has 0 fully saturated rings. The van der Waals surface area contributed by atoms with E-state index >= 15 is 0 Å². The molecule has 2 aromatic rings. The van der Waals surface area contributed by atoms with Crippen molar-refractivity contribution in [3.63, 3.8) is 0 Å². The Morgan fingerprint density at radius 2 is 1.93 bits per heavy atom. The molecule has 1 aromatic carbocycles. The average Bonchev–Trinajstić information content (AvgIpc) is 2.24. The van der Waals surface area contributed by atoms with Gasteiger partial charge in [-0.05, 0) is 30.7 Å². The van der Waals surface area contributed by atoms with Crippen LogP contribution in [0.4, 0.5) is 17.1 Å². The summed E-state index contributed by atoms with van der Waals surface area (Å²) in [4.78, 5) is 4.07. The quantitative estimate of drug-likeness (QED) is 0.731. The molecule has 2 rings (SSSR count). The van der Waals surface area contributed by atoms with Crippen molar-refractivity contribution in [1.82, 2.24) is 4.98 Å². The third kappa shape index (κ3) is 2.07. The molecule has 15 heavy (non-hydrogen) atoms. The number of nitrogen functional groups attached to an aromatic ring is 1. The number of aromatic nitrogens is 1. The summed E-state index contributed by atoms with van der Waals surface area (Å²) in [6.07, 6.45) is 3.57. The van der Waals surface area contributed by atoms with Gasteiger partial charge in [0.15, 0.2) is 0 Å². The van der Waals surface area contributed by atoms with Crippen molar-refractivity contribution in [2.75, 3.05) is 11.1 Å². The van der Waals surface area contributed by atoms with Gasteiger partial charge in [-0.2, -0.15) is 0 Å². The SMILES string of the molecule is Cc1ccncc1Nc1ccccc1N. The van der Waals surface area contributed by atoms with Crippen LogP contribution in [0.3, 0.4) is 0 Å². The highest BCUT2D eigenvalue weighted by atomic mass is 14.9.